The van der Waals surface area contributed by atoms with Gasteiger partial charge >= 0.3 is 0 Å². The molecule has 1 saturated heterocycles. The van der Waals surface area contributed by atoms with E-state index in [2.05, 4.69) is 22.0 Å². The first-order valence-electron chi connectivity index (χ1n) is 10.3. The largest absolute Gasteiger partial charge is 0.494 e. The van der Waals surface area contributed by atoms with E-state index in [-0.39, 0.29) is 11.9 Å². The number of hydrogen-bond donors (Lipinski definition) is 0. The third-order valence-corrected chi connectivity index (χ3v) is 5.45. The molecule has 0 unspecified atom stereocenters. The molecule has 1 aliphatic heterocycles. The van der Waals surface area contributed by atoms with E-state index in [0.717, 1.165) is 37.4 Å². The summed E-state index contributed by atoms with van der Waals surface area (Å²) in [6.07, 6.45) is 2.38. The topological polar surface area (TPSA) is 47.7 Å². The Kier molecular flexibility index (Phi) is 6.45. The van der Waals surface area contributed by atoms with Crippen LogP contribution in [0.2, 0.25) is 0 Å². The Bertz CT molecular complexity index is 974. The highest BCUT2D eigenvalue weighted by atomic mass is 19.1. The first-order chi connectivity index (χ1) is 14.6. The molecule has 1 atom stereocenters. The molecule has 158 valence electrons. The number of aryl methyl sites for hydroxylation is 1. The van der Waals surface area contributed by atoms with Crippen molar-refractivity contribution < 1.29 is 18.3 Å². The molecule has 3 aromatic rings. The number of rotatable bonds is 7. The monoisotopic (exact) mass is 410 g/mol. The van der Waals surface area contributed by atoms with Crippen LogP contribution < -0.4 is 4.74 Å². The molecule has 4 rings (SSSR count). The van der Waals surface area contributed by atoms with Crippen LogP contribution in [0.4, 0.5) is 4.39 Å². The maximum absolute atomic E-state index is 13.7. The predicted octanol–water partition coefficient (Wildman–Crippen LogP) is 4.98. The predicted molar refractivity (Wildman–Crippen MR) is 113 cm³/mol. The molecule has 30 heavy (non-hydrogen) atoms. The Morgan fingerprint density at radius 3 is 2.83 bits per heavy atom. The third-order valence-electron chi connectivity index (χ3n) is 5.45. The van der Waals surface area contributed by atoms with Gasteiger partial charge in [-0.3, -0.25) is 4.90 Å². The van der Waals surface area contributed by atoms with E-state index in [1.165, 1.54) is 18.7 Å². The maximum Gasteiger partial charge on any atom is 0.226 e. The van der Waals surface area contributed by atoms with Gasteiger partial charge in [-0.15, -0.1) is 0 Å². The van der Waals surface area contributed by atoms with Gasteiger partial charge in [0.1, 0.15) is 5.76 Å². The third kappa shape index (κ3) is 4.89. The Hall–Kier alpha value is -2.70. The number of ether oxygens (including phenoxy) is 2. The molecule has 0 amide bonds. The number of benzene rings is 2. The lowest BCUT2D eigenvalue weighted by Gasteiger charge is -2.32. The van der Waals surface area contributed by atoms with Gasteiger partial charge in [-0.05, 0) is 50.1 Å². The Morgan fingerprint density at radius 2 is 2.03 bits per heavy atom. The van der Waals surface area contributed by atoms with E-state index in [0.29, 0.717) is 24.6 Å². The van der Waals surface area contributed by atoms with Gasteiger partial charge in [0.2, 0.25) is 5.89 Å². The van der Waals surface area contributed by atoms with Gasteiger partial charge < -0.3 is 13.9 Å². The van der Waals surface area contributed by atoms with Crippen LogP contribution in [0.5, 0.6) is 5.75 Å². The molecule has 2 heterocycles. The summed E-state index contributed by atoms with van der Waals surface area (Å²) in [6, 6.07) is 14.9. The number of piperidine rings is 1. The fourth-order valence-electron chi connectivity index (χ4n) is 3.78. The van der Waals surface area contributed by atoms with Crippen molar-refractivity contribution >= 4 is 0 Å². The Balaban J connectivity index is 1.39. The number of methoxy groups -OCH3 is 1. The van der Waals surface area contributed by atoms with E-state index in [4.69, 9.17) is 13.9 Å². The summed E-state index contributed by atoms with van der Waals surface area (Å²) in [5.74, 6) is 1.04. The fourth-order valence-corrected chi connectivity index (χ4v) is 3.78. The molecule has 0 N–H and O–H groups in total. The first kappa shape index (κ1) is 20.6. The second-order valence-electron chi connectivity index (χ2n) is 7.67. The van der Waals surface area contributed by atoms with Crippen molar-refractivity contribution in [2.75, 3.05) is 20.2 Å². The zero-order valence-electron chi connectivity index (χ0n) is 17.4. The van der Waals surface area contributed by atoms with Crippen LogP contribution in [-0.4, -0.2) is 36.2 Å². The van der Waals surface area contributed by atoms with Crippen molar-refractivity contribution in [3.8, 4) is 17.2 Å². The SMILES string of the molecule is COc1cc(-c2nc(CN3CCC[C@@H](OCc4ccccc4)C3)c(C)o2)ccc1F. The van der Waals surface area contributed by atoms with Crippen molar-refractivity contribution in [2.24, 2.45) is 0 Å². The van der Waals surface area contributed by atoms with Crippen LogP contribution in [0, 0.1) is 12.7 Å². The normalized spacial score (nSPS) is 17.2. The number of nitrogens with zero attached hydrogens (tertiary/aromatic N) is 2. The second kappa shape index (κ2) is 9.41. The average Bonchev–Trinajstić information content (AvgIpc) is 3.14. The molecule has 0 radical (unpaired) electrons. The van der Waals surface area contributed by atoms with E-state index < -0.39 is 5.82 Å². The number of aromatic nitrogens is 1. The molecule has 0 spiro atoms. The zero-order valence-corrected chi connectivity index (χ0v) is 17.4. The molecule has 1 fully saturated rings. The zero-order chi connectivity index (χ0) is 20.9. The smallest absolute Gasteiger partial charge is 0.226 e. The van der Waals surface area contributed by atoms with Gasteiger partial charge in [0, 0.05) is 18.7 Å². The van der Waals surface area contributed by atoms with Gasteiger partial charge in [0.25, 0.3) is 0 Å². The number of hydrogen-bond acceptors (Lipinski definition) is 5. The average molecular weight is 410 g/mol. The van der Waals surface area contributed by atoms with E-state index in [9.17, 15) is 4.39 Å². The summed E-state index contributed by atoms with van der Waals surface area (Å²) in [4.78, 5) is 7.03. The van der Waals surface area contributed by atoms with Crippen LogP contribution in [-0.2, 0) is 17.9 Å². The fraction of sp³-hybridized carbons (Fsp3) is 0.375. The summed E-state index contributed by atoms with van der Waals surface area (Å²) in [7, 11) is 1.45. The molecule has 2 aromatic carbocycles. The number of oxazole rings is 1. The van der Waals surface area contributed by atoms with Crippen molar-refractivity contribution in [1.29, 1.82) is 0 Å². The highest BCUT2D eigenvalue weighted by Crippen LogP contribution is 2.28. The van der Waals surface area contributed by atoms with Crippen molar-refractivity contribution in [3.63, 3.8) is 0 Å². The van der Waals surface area contributed by atoms with Gasteiger partial charge in [-0.2, -0.15) is 0 Å². The lowest BCUT2D eigenvalue weighted by Crippen LogP contribution is -2.39. The van der Waals surface area contributed by atoms with Gasteiger partial charge in [-0.1, -0.05) is 30.3 Å². The summed E-state index contributed by atoms with van der Waals surface area (Å²) >= 11 is 0. The van der Waals surface area contributed by atoms with Crippen LogP contribution in [0.3, 0.4) is 0 Å². The maximum atomic E-state index is 13.7. The van der Waals surface area contributed by atoms with Crippen molar-refractivity contribution in [2.45, 2.75) is 39.0 Å². The molecular weight excluding hydrogens is 383 g/mol. The second-order valence-corrected chi connectivity index (χ2v) is 7.67. The molecule has 0 aliphatic carbocycles. The lowest BCUT2D eigenvalue weighted by molar-refractivity contribution is -0.0123. The highest BCUT2D eigenvalue weighted by molar-refractivity contribution is 5.56. The quantitative estimate of drug-likeness (QED) is 0.550. The molecule has 6 heteroatoms. The first-order valence-corrected chi connectivity index (χ1v) is 10.3. The summed E-state index contributed by atoms with van der Waals surface area (Å²) in [5.41, 5.74) is 2.80. The van der Waals surface area contributed by atoms with E-state index in [1.807, 2.05) is 25.1 Å². The Morgan fingerprint density at radius 1 is 1.20 bits per heavy atom. The van der Waals surface area contributed by atoms with E-state index >= 15 is 0 Å². The number of halogens is 1. The van der Waals surface area contributed by atoms with Crippen LogP contribution in [0.15, 0.2) is 52.9 Å². The van der Waals surface area contributed by atoms with Gasteiger partial charge in [0.15, 0.2) is 11.6 Å². The highest BCUT2D eigenvalue weighted by Gasteiger charge is 2.23. The molecule has 0 saturated carbocycles. The molecule has 1 aliphatic rings. The van der Waals surface area contributed by atoms with Crippen molar-refractivity contribution in [3.05, 3.63) is 71.4 Å². The molecular formula is C24H27FN2O3. The van der Waals surface area contributed by atoms with Crippen LogP contribution in [0.25, 0.3) is 11.5 Å². The summed E-state index contributed by atoms with van der Waals surface area (Å²) < 4.78 is 30.8. The molecule has 5 nitrogen and oxygen atoms in total. The molecule has 1 aromatic heterocycles. The number of likely N-dealkylation sites (tertiary alicyclic amines) is 1. The lowest BCUT2D eigenvalue weighted by atomic mass is 10.1. The van der Waals surface area contributed by atoms with E-state index in [1.54, 1.807) is 12.1 Å². The van der Waals surface area contributed by atoms with Gasteiger partial charge in [0.05, 0.1) is 25.5 Å². The molecule has 0 bridgehead atoms. The minimum atomic E-state index is -0.403. The summed E-state index contributed by atoms with van der Waals surface area (Å²) in [5, 5.41) is 0. The summed E-state index contributed by atoms with van der Waals surface area (Å²) in [6.45, 7) is 5.15. The van der Waals surface area contributed by atoms with Crippen LogP contribution >= 0.6 is 0 Å². The van der Waals surface area contributed by atoms with Crippen LogP contribution in [0.1, 0.15) is 29.9 Å². The van der Waals surface area contributed by atoms with Crippen molar-refractivity contribution in [1.82, 2.24) is 9.88 Å². The minimum Gasteiger partial charge on any atom is -0.494 e. The standard InChI is InChI=1S/C24H27FN2O3/c1-17-22(26-24(30-17)19-10-11-21(25)23(13-19)28-2)15-27-12-6-9-20(14-27)29-16-18-7-4-3-5-8-18/h3-5,7-8,10-11,13,20H,6,9,12,14-16H2,1-2H3/t20-/m1/s1. The minimum absolute atomic E-state index is 0.180. The van der Waals surface area contributed by atoms with Gasteiger partial charge in [-0.25, -0.2) is 9.37 Å². The Labute approximate surface area is 176 Å².